The predicted octanol–water partition coefficient (Wildman–Crippen LogP) is 6.68. The number of allylic oxidation sites excluding steroid dienone is 3. The first kappa shape index (κ1) is 30.0. The van der Waals surface area contributed by atoms with Crippen molar-refractivity contribution in [1.82, 2.24) is 15.3 Å². The zero-order chi connectivity index (χ0) is 29.6. The number of carbonyl (C=O) groups excluding carboxylic acids is 2. The summed E-state index contributed by atoms with van der Waals surface area (Å²) < 4.78 is 86.0. The van der Waals surface area contributed by atoms with Crippen LogP contribution in [-0.4, -0.2) is 28.1 Å². The molecule has 0 saturated carbocycles. The fourth-order valence-corrected chi connectivity index (χ4v) is 3.71. The topological polar surface area (TPSA) is 96.1 Å². The predicted molar refractivity (Wildman–Crippen MR) is 136 cm³/mol. The monoisotopic (exact) mass is 566 g/mol. The molecule has 0 spiro atoms. The first-order valence-corrected chi connectivity index (χ1v) is 11.8. The number of nitrogens with one attached hydrogen (secondary N) is 3. The number of amides is 2. The number of H-pyrrole nitrogens is 1. The van der Waals surface area contributed by atoms with Crippen LogP contribution in [0.25, 0.3) is 11.6 Å². The van der Waals surface area contributed by atoms with Crippen LogP contribution in [0.4, 0.5) is 32.2 Å². The maximum atomic E-state index is 15.5. The molecule has 0 aliphatic heterocycles. The molecule has 2 aromatic carbocycles. The van der Waals surface area contributed by atoms with E-state index in [1.807, 2.05) is 0 Å². The van der Waals surface area contributed by atoms with Gasteiger partial charge in [-0.15, -0.1) is 13.2 Å². The van der Waals surface area contributed by atoms with Gasteiger partial charge in [-0.05, 0) is 55.3 Å². The molecule has 1 unspecified atom stereocenters. The van der Waals surface area contributed by atoms with Crippen molar-refractivity contribution in [2.75, 3.05) is 5.32 Å². The lowest BCUT2D eigenvalue weighted by molar-refractivity contribution is -0.274. The highest BCUT2D eigenvalue weighted by Crippen LogP contribution is 2.29. The van der Waals surface area contributed by atoms with Crippen LogP contribution in [0.15, 0.2) is 48.7 Å². The number of nitrogens with zero attached hydrogens (tertiary/aromatic N) is 1. The van der Waals surface area contributed by atoms with E-state index < -0.39 is 52.6 Å². The summed E-state index contributed by atoms with van der Waals surface area (Å²) in [6, 6.07) is 2.94. The number of alkyl halides is 3. The van der Waals surface area contributed by atoms with Crippen molar-refractivity contribution >= 4 is 29.3 Å². The number of aromatic amines is 1. The van der Waals surface area contributed by atoms with Crippen molar-refractivity contribution in [3.8, 4) is 5.75 Å². The second-order valence-electron chi connectivity index (χ2n) is 8.47. The Morgan fingerprint density at radius 2 is 1.82 bits per heavy atom. The SMILES string of the molecule is CC/C=C(/C=C\c1ncc(NC(C)=O)[nH]1)c1ccc(F)c(C(=O)NC(C)c2cc(OC(F)(F)F)ccc2F)c1F. The van der Waals surface area contributed by atoms with E-state index in [4.69, 9.17) is 0 Å². The lowest BCUT2D eigenvalue weighted by Gasteiger charge is -2.18. The molecule has 40 heavy (non-hydrogen) atoms. The van der Waals surface area contributed by atoms with E-state index in [1.54, 1.807) is 13.0 Å². The summed E-state index contributed by atoms with van der Waals surface area (Å²) in [5.74, 6) is -5.02. The molecule has 1 heterocycles. The third-order valence-electron chi connectivity index (χ3n) is 5.40. The van der Waals surface area contributed by atoms with E-state index in [0.717, 1.165) is 24.3 Å². The average Bonchev–Trinajstić information content (AvgIpc) is 3.29. The van der Waals surface area contributed by atoms with Crippen LogP contribution >= 0.6 is 0 Å². The van der Waals surface area contributed by atoms with Gasteiger partial charge in [0.05, 0.1) is 12.2 Å². The molecule has 212 valence electrons. The number of imidazole rings is 1. The Morgan fingerprint density at radius 3 is 2.48 bits per heavy atom. The first-order valence-electron chi connectivity index (χ1n) is 11.8. The van der Waals surface area contributed by atoms with Crippen LogP contribution in [0.1, 0.15) is 60.5 Å². The Balaban J connectivity index is 1.88. The third kappa shape index (κ3) is 7.74. The van der Waals surface area contributed by atoms with Gasteiger partial charge in [-0.2, -0.15) is 0 Å². The minimum Gasteiger partial charge on any atom is -0.406 e. The minimum atomic E-state index is -5.03. The summed E-state index contributed by atoms with van der Waals surface area (Å²) in [5, 5.41) is 4.73. The Bertz CT molecular complexity index is 1460. The molecule has 2 amide bonds. The normalized spacial score (nSPS) is 12.9. The minimum absolute atomic E-state index is 0.127. The second kappa shape index (κ2) is 12.5. The first-order chi connectivity index (χ1) is 18.8. The van der Waals surface area contributed by atoms with E-state index in [0.29, 0.717) is 24.1 Å². The Morgan fingerprint density at radius 1 is 1.12 bits per heavy atom. The van der Waals surface area contributed by atoms with Gasteiger partial charge in [-0.3, -0.25) is 9.59 Å². The number of benzene rings is 2. The highest BCUT2D eigenvalue weighted by atomic mass is 19.4. The summed E-state index contributed by atoms with van der Waals surface area (Å²) in [4.78, 5) is 31.0. The molecule has 3 aromatic rings. The molecule has 0 aliphatic rings. The smallest absolute Gasteiger partial charge is 0.406 e. The van der Waals surface area contributed by atoms with Crippen molar-refractivity contribution in [3.63, 3.8) is 0 Å². The van der Waals surface area contributed by atoms with E-state index in [9.17, 15) is 31.5 Å². The second-order valence-corrected chi connectivity index (χ2v) is 8.47. The fourth-order valence-electron chi connectivity index (χ4n) is 3.71. The van der Waals surface area contributed by atoms with Crippen molar-refractivity contribution in [2.24, 2.45) is 0 Å². The lowest BCUT2D eigenvalue weighted by Crippen LogP contribution is -2.29. The van der Waals surface area contributed by atoms with Crippen LogP contribution in [0, 0.1) is 17.5 Å². The van der Waals surface area contributed by atoms with Gasteiger partial charge >= 0.3 is 6.36 Å². The number of carbonyl (C=O) groups is 2. The molecule has 3 N–H and O–H groups in total. The molecule has 13 heteroatoms. The average molecular weight is 567 g/mol. The largest absolute Gasteiger partial charge is 0.573 e. The van der Waals surface area contributed by atoms with E-state index in [-0.39, 0.29) is 17.0 Å². The molecule has 0 saturated heterocycles. The lowest BCUT2D eigenvalue weighted by atomic mass is 9.99. The zero-order valence-electron chi connectivity index (χ0n) is 21.4. The van der Waals surface area contributed by atoms with Crippen molar-refractivity contribution in [1.29, 1.82) is 0 Å². The van der Waals surface area contributed by atoms with E-state index >= 15 is 4.39 Å². The standard InChI is InChI=1S/C27H24F6N4O3/c1-4-5-16(6-11-22-34-13-23(37-22)36-15(3)38)18-8-10-21(29)24(25(18)30)26(39)35-14(2)19-12-17(7-9-20(19)28)40-27(31,32)33/h5-14H,4H2,1-3H3,(H,34,37)(H,35,39)(H,36,38)/b11-6-,16-5-. The maximum Gasteiger partial charge on any atom is 0.573 e. The van der Waals surface area contributed by atoms with Gasteiger partial charge in [-0.25, -0.2) is 18.2 Å². The van der Waals surface area contributed by atoms with Gasteiger partial charge in [0.15, 0.2) is 0 Å². The number of rotatable bonds is 9. The number of hydrogen-bond acceptors (Lipinski definition) is 4. The molecule has 0 bridgehead atoms. The van der Waals surface area contributed by atoms with Crippen LogP contribution < -0.4 is 15.4 Å². The Kier molecular flexibility index (Phi) is 9.40. The third-order valence-corrected chi connectivity index (χ3v) is 5.40. The van der Waals surface area contributed by atoms with E-state index in [2.05, 4.69) is 25.3 Å². The van der Waals surface area contributed by atoms with Crippen LogP contribution in [-0.2, 0) is 4.79 Å². The van der Waals surface area contributed by atoms with Gasteiger partial charge in [-0.1, -0.05) is 19.1 Å². The number of aromatic nitrogens is 2. The molecule has 1 atom stereocenters. The van der Waals surface area contributed by atoms with Crippen molar-refractivity contribution in [2.45, 2.75) is 39.6 Å². The molecule has 0 fully saturated rings. The van der Waals surface area contributed by atoms with E-state index in [1.165, 1.54) is 32.2 Å². The van der Waals surface area contributed by atoms with Crippen LogP contribution in [0.2, 0.25) is 0 Å². The van der Waals surface area contributed by atoms with Crippen LogP contribution in [0.5, 0.6) is 5.75 Å². The summed E-state index contributed by atoms with van der Waals surface area (Å²) in [6.45, 7) is 4.33. The van der Waals surface area contributed by atoms with Crippen molar-refractivity contribution in [3.05, 3.63) is 88.6 Å². The summed E-state index contributed by atoms with van der Waals surface area (Å²) >= 11 is 0. The molecule has 1 aromatic heterocycles. The fraction of sp³-hybridized carbons (Fsp3) is 0.222. The molecular weight excluding hydrogens is 542 g/mol. The van der Waals surface area contributed by atoms with Gasteiger partial charge in [0.1, 0.15) is 40.4 Å². The van der Waals surface area contributed by atoms with Gasteiger partial charge in [0.25, 0.3) is 5.91 Å². The maximum absolute atomic E-state index is 15.5. The zero-order valence-corrected chi connectivity index (χ0v) is 21.4. The molecule has 7 nitrogen and oxygen atoms in total. The van der Waals surface area contributed by atoms with Crippen molar-refractivity contribution < 1.29 is 40.7 Å². The highest BCUT2D eigenvalue weighted by Gasteiger charge is 2.32. The van der Waals surface area contributed by atoms with Gasteiger partial charge in [0.2, 0.25) is 5.91 Å². The number of ether oxygens (including phenoxy) is 1. The molecule has 3 rings (SSSR count). The summed E-state index contributed by atoms with van der Waals surface area (Å²) in [6.07, 6.45) is 1.37. The van der Waals surface area contributed by atoms with Gasteiger partial charge < -0.3 is 20.4 Å². The summed E-state index contributed by atoms with van der Waals surface area (Å²) in [7, 11) is 0. The van der Waals surface area contributed by atoms with Crippen LogP contribution in [0.3, 0.4) is 0 Å². The number of halogens is 6. The number of anilines is 1. The Hall–Kier alpha value is -4.55. The summed E-state index contributed by atoms with van der Waals surface area (Å²) in [5.41, 5.74) is -1.20. The molecule has 0 aliphatic carbocycles. The highest BCUT2D eigenvalue weighted by molar-refractivity contribution is 5.96. The number of hydrogen-bond donors (Lipinski definition) is 3. The Labute approximate surface area is 225 Å². The molecular formula is C27H24F6N4O3. The molecule has 0 radical (unpaired) electrons. The van der Waals surface area contributed by atoms with Gasteiger partial charge in [0, 0.05) is 18.1 Å². The quantitative estimate of drug-likeness (QED) is 0.199.